The van der Waals surface area contributed by atoms with Crippen molar-refractivity contribution in [3.63, 3.8) is 0 Å². The van der Waals surface area contributed by atoms with Crippen LogP contribution in [0.3, 0.4) is 0 Å². The number of carboxylic acid groups (broad SMARTS) is 1. The summed E-state index contributed by atoms with van der Waals surface area (Å²) in [7, 11) is 1.81. The summed E-state index contributed by atoms with van der Waals surface area (Å²) < 4.78 is 5.29. The van der Waals surface area contributed by atoms with Gasteiger partial charge in [-0.25, -0.2) is 0 Å². The van der Waals surface area contributed by atoms with Crippen molar-refractivity contribution < 1.29 is 19.4 Å². The summed E-state index contributed by atoms with van der Waals surface area (Å²) in [6.07, 6.45) is 0.554. The number of amides is 1. The van der Waals surface area contributed by atoms with Crippen LogP contribution in [0.15, 0.2) is 0 Å². The predicted molar refractivity (Wildman–Crippen MR) is 59.5 cm³/mol. The number of carboxylic acids is 1. The summed E-state index contributed by atoms with van der Waals surface area (Å²) >= 11 is 0. The van der Waals surface area contributed by atoms with Crippen molar-refractivity contribution >= 4 is 11.9 Å². The molecule has 0 aromatic rings. The summed E-state index contributed by atoms with van der Waals surface area (Å²) in [5.74, 6) is -1.37. The topological polar surface area (TPSA) is 78.9 Å². The molecule has 96 valence electrons. The van der Waals surface area contributed by atoms with E-state index in [0.717, 1.165) is 0 Å². The third kappa shape index (κ3) is 2.42. The van der Waals surface area contributed by atoms with Gasteiger partial charge < -0.3 is 20.1 Å². The van der Waals surface area contributed by atoms with Crippen LogP contribution < -0.4 is 5.32 Å². The fraction of sp³-hybridized carbons (Fsp3) is 0.818. The maximum atomic E-state index is 12.2. The maximum Gasteiger partial charge on any atom is 0.308 e. The highest BCUT2D eigenvalue weighted by Crippen LogP contribution is 2.22. The zero-order valence-electron chi connectivity index (χ0n) is 9.89. The molecule has 0 saturated carbocycles. The fourth-order valence-electron chi connectivity index (χ4n) is 2.48. The van der Waals surface area contributed by atoms with Crippen molar-refractivity contribution in [1.29, 1.82) is 0 Å². The number of nitrogens with one attached hydrogen (secondary N) is 1. The number of hydrogen-bond acceptors (Lipinski definition) is 4. The number of likely N-dealkylation sites (tertiary alicyclic amines) is 1. The molecule has 0 aromatic heterocycles. The SMILES string of the molecule is CNC1COCC1C(=O)N1CCC(C(=O)O)C1. The minimum absolute atomic E-state index is 0.0191. The molecule has 0 spiro atoms. The van der Waals surface area contributed by atoms with Crippen molar-refractivity contribution in [2.75, 3.05) is 33.4 Å². The van der Waals surface area contributed by atoms with Crippen LogP contribution in [0.2, 0.25) is 0 Å². The molecule has 2 saturated heterocycles. The van der Waals surface area contributed by atoms with Crippen molar-refractivity contribution in [2.24, 2.45) is 11.8 Å². The van der Waals surface area contributed by atoms with Gasteiger partial charge in [-0.05, 0) is 13.5 Å². The number of rotatable bonds is 3. The van der Waals surface area contributed by atoms with Crippen LogP contribution in [-0.2, 0) is 14.3 Å². The largest absolute Gasteiger partial charge is 0.481 e. The van der Waals surface area contributed by atoms with Gasteiger partial charge in [0.15, 0.2) is 0 Å². The highest BCUT2D eigenvalue weighted by Gasteiger charge is 2.39. The Bertz CT molecular complexity index is 321. The summed E-state index contributed by atoms with van der Waals surface area (Å²) in [6.45, 7) is 1.85. The van der Waals surface area contributed by atoms with Crippen molar-refractivity contribution in [3.05, 3.63) is 0 Å². The van der Waals surface area contributed by atoms with Gasteiger partial charge in [0.2, 0.25) is 5.91 Å². The molecule has 3 unspecified atom stereocenters. The van der Waals surface area contributed by atoms with Gasteiger partial charge in [0, 0.05) is 19.1 Å². The Labute approximate surface area is 99.9 Å². The molecule has 2 aliphatic heterocycles. The van der Waals surface area contributed by atoms with Crippen LogP contribution in [0, 0.1) is 11.8 Å². The third-order valence-corrected chi connectivity index (χ3v) is 3.62. The third-order valence-electron chi connectivity index (χ3n) is 3.62. The van der Waals surface area contributed by atoms with E-state index in [1.54, 1.807) is 4.90 Å². The number of likely N-dealkylation sites (N-methyl/N-ethyl adjacent to an activating group) is 1. The molecule has 2 fully saturated rings. The Morgan fingerprint density at radius 1 is 1.41 bits per heavy atom. The van der Waals surface area contributed by atoms with Crippen LogP contribution in [-0.4, -0.2) is 61.3 Å². The number of ether oxygens (including phenoxy) is 1. The molecule has 17 heavy (non-hydrogen) atoms. The Hall–Kier alpha value is -1.14. The molecule has 0 radical (unpaired) electrons. The molecule has 2 heterocycles. The van der Waals surface area contributed by atoms with Crippen LogP contribution in [0.25, 0.3) is 0 Å². The first-order valence-corrected chi connectivity index (χ1v) is 5.90. The molecular formula is C11H18N2O4. The van der Waals surface area contributed by atoms with Crippen LogP contribution in [0.5, 0.6) is 0 Å². The molecule has 6 heteroatoms. The fourth-order valence-corrected chi connectivity index (χ4v) is 2.48. The lowest BCUT2D eigenvalue weighted by atomic mass is 10.0. The first-order chi connectivity index (χ1) is 8.13. The first-order valence-electron chi connectivity index (χ1n) is 5.90. The number of carbonyl (C=O) groups excluding carboxylic acids is 1. The van der Waals surface area contributed by atoms with E-state index >= 15 is 0 Å². The molecule has 1 amide bonds. The quantitative estimate of drug-likeness (QED) is 0.674. The second kappa shape index (κ2) is 5.01. The number of hydrogen-bond donors (Lipinski definition) is 2. The Balaban J connectivity index is 1.95. The lowest BCUT2D eigenvalue weighted by Crippen LogP contribution is -2.44. The second-order valence-corrected chi connectivity index (χ2v) is 4.65. The van der Waals surface area contributed by atoms with E-state index in [1.807, 2.05) is 7.05 Å². The van der Waals surface area contributed by atoms with Crippen LogP contribution in [0.1, 0.15) is 6.42 Å². The average Bonchev–Trinajstić information content (AvgIpc) is 2.96. The predicted octanol–water partition coefficient (Wildman–Crippen LogP) is -0.846. The number of carbonyl (C=O) groups is 2. The van der Waals surface area contributed by atoms with E-state index < -0.39 is 11.9 Å². The van der Waals surface area contributed by atoms with Gasteiger partial charge in [-0.15, -0.1) is 0 Å². The monoisotopic (exact) mass is 242 g/mol. The van der Waals surface area contributed by atoms with Gasteiger partial charge in [0.25, 0.3) is 0 Å². The van der Waals surface area contributed by atoms with E-state index in [1.165, 1.54) is 0 Å². The molecule has 0 aliphatic carbocycles. The molecule has 6 nitrogen and oxygen atoms in total. The zero-order chi connectivity index (χ0) is 12.4. The van der Waals surface area contributed by atoms with Gasteiger partial charge in [-0.1, -0.05) is 0 Å². The lowest BCUT2D eigenvalue weighted by molar-refractivity contribution is -0.141. The van der Waals surface area contributed by atoms with Gasteiger partial charge in [-0.2, -0.15) is 0 Å². The second-order valence-electron chi connectivity index (χ2n) is 4.65. The van der Waals surface area contributed by atoms with E-state index in [0.29, 0.717) is 32.7 Å². The number of aliphatic carboxylic acids is 1. The summed E-state index contributed by atoms with van der Waals surface area (Å²) in [4.78, 5) is 24.7. The van der Waals surface area contributed by atoms with Gasteiger partial charge in [0.1, 0.15) is 0 Å². The minimum atomic E-state index is -0.812. The van der Waals surface area contributed by atoms with E-state index in [4.69, 9.17) is 9.84 Å². The molecule has 3 atom stereocenters. The molecule has 0 bridgehead atoms. The van der Waals surface area contributed by atoms with Crippen molar-refractivity contribution in [3.8, 4) is 0 Å². The van der Waals surface area contributed by atoms with Crippen molar-refractivity contribution in [2.45, 2.75) is 12.5 Å². The van der Waals surface area contributed by atoms with Crippen LogP contribution in [0.4, 0.5) is 0 Å². The normalized spacial score (nSPS) is 33.0. The van der Waals surface area contributed by atoms with E-state index in [9.17, 15) is 9.59 Å². The van der Waals surface area contributed by atoms with Gasteiger partial charge >= 0.3 is 5.97 Å². The molecule has 0 aromatic carbocycles. The highest BCUT2D eigenvalue weighted by molar-refractivity contribution is 5.81. The minimum Gasteiger partial charge on any atom is -0.481 e. The highest BCUT2D eigenvalue weighted by atomic mass is 16.5. The Morgan fingerprint density at radius 2 is 2.18 bits per heavy atom. The first kappa shape index (κ1) is 12.3. The van der Waals surface area contributed by atoms with Gasteiger partial charge in [0.05, 0.1) is 25.0 Å². The summed E-state index contributed by atoms with van der Waals surface area (Å²) in [5, 5.41) is 12.0. The Morgan fingerprint density at radius 3 is 2.76 bits per heavy atom. The Kier molecular flexibility index (Phi) is 3.63. The van der Waals surface area contributed by atoms with Gasteiger partial charge in [-0.3, -0.25) is 9.59 Å². The zero-order valence-corrected chi connectivity index (χ0v) is 9.89. The van der Waals surface area contributed by atoms with E-state index in [2.05, 4.69) is 5.32 Å². The number of nitrogens with zero attached hydrogens (tertiary/aromatic N) is 1. The average molecular weight is 242 g/mol. The standard InChI is InChI=1S/C11H18N2O4/c1-12-9-6-17-5-8(9)10(14)13-3-2-7(4-13)11(15)16/h7-9,12H,2-6H2,1H3,(H,15,16). The summed E-state index contributed by atoms with van der Waals surface area (Å²) in [6, 6.07) is 0.0476. The maximum absolute atomic E-state index is 12.2. The van der Waals surface area contributed by atoms with E-state index in [-0.39, 0.29) is 17.9 Å². The molecule has 2 rings (SSSR count). The van der Waals surface area contributed by atoms with Crippen molar-refractivity contribution in [1.82, 2.24) is 10.2 Å². The molecule has 2 N–H and O–H groups in total. The smallest absolute Gasteiger partial charge is 0.308 e. The van der Waals surface area contributed by atoms with Crippen LogP contribution >= 0.6 is 0 Å². The lowest BCUT2D eigenvalue weighted by Gasteiger charge is -2.23. The molecule has 2 aliphatic rings. The summed E-state index contributed by atoms with van der Waals surface area (Å²) in [5.41, 5.74) is 0. The molecular weight excluding hydrogens is 224 g/mol.